The summed E-state index contributed by atoms with van der Waals surface area (Å²) >= 11 is 0. The predicted octanol–water partition coefficient (Wildman–Crippen LogP) is -1.67. The smallest absolute Gasteiger partial charge is 1.00 e. The molecular weight excluding hydrogens is 260 g/mol. The van der Waals surface area contributed by atoms with Gasteiger partial charge in [0.05, 0.1) is 12.4 Å². The average molecular weight is 280 g/mol. The van der Waals surface area contributed by atoms with Gasteiger partial charge in [0.15, 0.2) is 0 Å². The maximum absolute atomic E-state index is 10.5. The molecule has 0 aromatic heterocycles. The Kier molecular flexibility index (Phi) is 8.74. The van der Waals surface area contributed by atoms with Gasteiger partial charge in [-0.15, -0.1) is 0 Å². The third kappa shape index (κ3) is 7.39. The van der Waals surface area contributed by atoms with E-state index >= 15 is 0 Å². The van der Waals surface area contributed by atoms with Gasteiger partial charge in [0.2, 0.25) is 0 Å². The van der Waals surface area contributed by atoms with Gasteiger partial charge in [-0.2, -0.15) is 8.42 Å². The summed E-state index contributed by atoms with van der Waals surface area (Å²) in [4.78, 5) is 4.13. The van der Waals surface area contributed by atoms with Gasteiger partial charge in [-0.3, -0.25) is 14.4 Å². The van der Waals surface area contributed by atoms with Crippen LogP contribution in [0.25, 0.3) is 0 Å². The molecular formula is C8H20CaN2O4S. The fourth-order valence-electron chi connectivity index (χ4n) is 1.62. The Labute approximate surface area is 129 Å². The topological polar surface area (TPSA) is 81.1 Å². The zero-order valence-electron chi connectivity index (χ0n) is 11.4. The first-order chi connectivity index (χ1) is 7.01. The second kappa shape index (κ2) is 8.20. The number of hydrogen-bond donors (Lipinski definition) is 2. The van der Waals surface area contributed by atoms with Crippen molar-refractivity contribution in [2.45, 2.75) is 0 Å². The van der Waals surface area contributed by atoms with Crippen LogP contribution in [0.2, 0.25) is 0 Å². The van der Waals surface area contributed by atoms with E-state index in [1.54, 1.807) is 0 Å². The first kappa shape index (κ1) is 17.0. The van der Waals surface area contributed by atoms with Crippen LogP contribution in [0.3, 0.4) is 0 Å². The van der Waals surface area contributed by atoms with Gasteiger partial charge in [0, 0.05) is 39.3 Å². The molecule has 6 nitrogen and oxygen atoms in total. The number of aliphatic hydroxyl groups is 1. The summed E-state index contributed by atoms with van der Waals surface area (Å²) in [6, 6.07) is 0. The van der Waals surface area contributed by atoms with Gasteiger partial charge < -0.3 is 7.96 Å². The van der Waals surface area contributed by atoms with Crippen LogP contribution in [-0.4, -0.2) is 117 Å². The molecule has 1 aliphatic heterocycles. The van der Waals surface area contributed by atoms with E-state index in [1.165, 1.54) is 0 Å². The van der Waals surface area contributed by atoms with Crippen molar-refractivity contribution in [1.29, 1.82) is 0 Å². The molecule has 16 heavy (non-hydrogen) atoms. The van der Waals surface area contributed by atoms with Crippen LogP contribution in [-0.2, 0) is 10.1 Å². The van der Waals surface area contributed by atoms with Gasteiger partial charge in [0.25, 0.3) is 10.1 Å². The van der Waals surface area contributed by atoms with E-state index in [4.69, 9.17) is 9.66 Å². The summed E-state index contributed by atoms with van der Waals surface area (Å²) in [5, 5.41) is 8.73. The summed E-state index contributed by atoms with van der Waals surface area (Å²) in [5.74, 6) is -0.201. The molecule has 1 aliphatic rings. The van der Waals surface area contributed by atoms with Crippen molar-refractivity contribution in [2.24, 2.45) is 0 Å². The minimum Gasteiger partial charge on any atom is -1.00 e. The van der Waals surface area contributed by atoms with Crippen LogP contribution in [0.1, 0.15) is 2.85 Å². The van der Waals surface area contributed by atoms with Gasteiger partial charge in [0.1, 0.15) is 0 Å². The van der Waals surface area contributed by atoms with Crippen LogP contribution in [0, 0.1) is 0 Å². The monoisotopic (exact) mass is 280 g/mol. The third-order valence-electron chi connectivity index (χ3n) is 2.55. The van der Waals surface area contributed by atoms with Crippen LogP contribution >= 0.6 is 0 Å². The molecule has 0 spiro atoms. The van der Waals surface area contributed by atoms with Crippen molar-refractivity contribution < 1.29 is 20.9 Å². The third-order valence-corrected chi connectivity index (χ3v) is 3.25. The molecule has 2 N–H and O–H groups in total. The fraction of sp³-hybridized carbons (Fsp3) is 1.00. The molecule has 0 saturated carbocycles. The largest absolute Gasteiger partial charge is 2.00 e. The van der Waals surface area contributed by atoms with Gasteiger partial charge >= 0.3 is 37.7 Å². The van der Waals surface area contributed by atoms with Gasteiger partial charge in [-0.1, -0.05) is 0 Å². The SMILES string of the molecule is O=S(=O)(O)CCN1CCN(CCO)CC1.[Ca+2].[H-].[H-]. The Balaban J connectivity index is -0.000000750. The zero-order valence-corrected chi connectivity index (χ0v) is 12.4. The number of rotatable bonds is 5. The molecule has 0 aromatic rings. The number of hydrogen-bond acceptors (Lipinski definition) is 5. The summed E-state index contributed by atoms with van der Waals surface area (Å²) in [5.41, 5.74) is 0. The second-order valence-corrected chi connectivity index (χ2v) is 5.27. The number of aliphatic hydroxyl groups excluding tert-OH is 1. The van der Waals surface area contributed by atoms with Crippen molar-refractivity contribution in [3.05, 3.63) is 0 Å². The molecule has 0 bridgehead atoms. The number of β-amino-alcohol motifs (C(OH)–C–C–N with tert-alkyl or cyclic N) is 1. The van der Waals surface area contributed by atoms with Crippen LogP contribution in [0.4, 0.5) is 0 Å². The van der Waals surface area contributed by atoms with Crippen molar-refractivity contribution in [3.63, 3.8) is 0 Å². The van der Waals surface area contributed by atoms with Crippen LogP contribution in [0.5, 0.6) is 0 Å². The fourth-order valence-corrected chi connectivity index (χ4v) is 2.11. The van der Waals surface area contributed by atoms with Crippen LogP contribution in [0.15, 0.2) is 0 Å². The van der Waals surface area contributed by atoms with E-state index in [9.17, 15) is 8.42 Å². The quantitative estimate of drug-likeness (QED) is 0.463. The van der Waals surface area contributed by atoms with E-state index in [2.05, 4.69) is 4.90 Å². The molecule has 0 aromatic carbocycles. The normalized spacial score (nSPS) is 19.4. The maximum atomic E-state index is 10.5. The van der Waals surface area contributed by atoms with Crippen molar-refractivity contribution in [1.82, 2.24) is 9.80 Å². The number of nitrogens with zero attached hydrogens (tertiary/aromatic N) is 2. The molecule has 0 aliphatic carbocycles. The van der Waals surface area contributed by atoms with E-state index in [1.807, 2.05) is 4.90 Å². The molecule has 1 fully saturated rings. The van der Waals surface area contributed by atoms with E-state index in [0.717, 1.165) is 26.2 Å². The summed E-state index contributed by atoms with van der Waals surface area (Å²) in [6.45, 7) is 4.46. The second-order valence-electron chi connectivity index (χ2n) is 3.69. The zero-order chi connectivity index (χ0) is 11.3. The Morgan fingerprint density at radius 2 is 1.50 bits per heavy atom. The number of piperazine rings is 1. The minimum absolute atomic E-state index is 0. The molecule has 0 atom stereocenters. The Morgan fingerprint density at radius 1 is 1.06 bits per heavy atom. The van der Waals surface area contributed by atoms with Gasteiger partial charge in [-0.05, 0) is 0 Å². The first-order valence-corrected chi connectivity index (χ1v) is 6.63. The van der Waals surface area contributed by atoms with E-state index in [0.29, 0.717) is 13.1 Å². The van der Waals surface area contributed by atoms with Gasteiger partial charge in [-0.25, -0.2) is 0 Å². The maximum Gasteiger partial charge on any atom is 2.00 e. The Morgan fingerprint density at radius 3 is 1.88 bits per heavy atom. The molecule has 1 heterocycles. The van der Waals surface area contributed by atoms with Crippen molar-refractivity contribution in [3.8, 4) is 0 Å². The molecule has 0 amide bonds. The van der Waals surface area contributed by atoms with Crippen LogP contribution < -0.4 is 0 Å². The molecule has 8 heteroatoms. The Bertz CT molecular complexity index is 287. The average Bonchev–Trinajstić information content (AvgIpc) is 2.16. The van der Waals surface area contributed by atoms with E-state index in [-0.39, 0.29) is 53.0 Å². The molecule has 0 unspecified atom stereocenters. The predicted molar refractivity (Wildman–Crippen MR) is 64.4 cm³/mol. The Hall–Kier alpha value is 1.05. The first-order valence-electron chi connectivity index (χ1n) is 5.02. The standard InChI is InChI=1S/C8H18N2O4S.Ca.2H/c11-7-5-9-1-3-10(4-2-9)6-8-15(12,13)14;;;/h11H,1-8H2,(H,12,13,14);;;/q;+2;2*-1. The summed E-state index contributed by atoms with van der Waals surface area (Å²) in [7, 11) is -3.84. The van der Waals surface area contributed by atoms with E-state index < -0.39 is 10.1 Å². The molecule has 94 valence electrons. The molecule has 0 radical (unpaired) electrons. The van der Waals surface area contributed by atoms with Crippen molar-refractivity contribution >= 4 is 47.9 Å². The van der Waals surface area contributed by atoms with Crippen molar-refractivity contribution in [2.75, 3.05) is 51.6 Å². The minimum atomic E-state index is -3.84. The molecule has 1 saturated heterocycles. The molecule has 1 rings (SSSR count). The summed E-state index contributed by atoms with van der Waals surface area (Å²) in [6.07, 6.45) is 0. The summed E-state index contributed by atoms with van der Waals surface area (Å²) < 4.78 is 29.6.